The summed E-state index contributed by atoms with van der Waals surface area (Å²) in [5, 5.41) is 11.8. The third-order valence-corrected chi connectivity index (χ3v) is 8.85. The first-order valence-electron chi connectivity index (χ1n) is 9.00. The Balaban J connectivity index is 1.37. The lowest BCUT2D eigenvalue weighted by molar-refractivity contribution is -0.126. The summed E-state index contributed by atoms with van der Waals surface area (Å²) < 4.78 is 1.90. The van der Waals surface area contributed by atoms with Gasteiger partial charge in [-0.2, -0.15) is 0 Å². The number of rotatable bonds is 6. The zero-order valence-electron chi connectivity index (χ0n) is 14.3. The number of carbonyl (C=O) groups excluding carboxylic acids is 1. The molecule has 1 aromatic heterocycles. The topological polar surface area (TPSA) is 54.9 Å². The highest BCUT2D eigenvalue weighted by Gasteiger charge is 2.51. The minimum Gasteiger partial charge on any atom is -0.350 e. The van der Waals surface area contributed by atoms with Crippen molar-refractivity contribution in [1.82, 2.24) is 15.5 Å². The maximum absolute atomic E-state index is 12.8. The second-order valence-electron chi connectivity index (χ2n) is 7.71. The minimum absolute atomic E-state index is 0.102. The van der Waals surface area contributed by atoms with Crippen LogP contribution in [0.1, 0.15) is 52.4 Å². The van der Waals surface area contributed by atoms with E-state index in [1.165, 1.54) is 38.5 Å². The average molecular weight is 384 g/mol. The maximum Gasteiger partial charge on any atom is 0.233 e. The van der Waals surface area contributed by atoms with Gasteiger partial charge in [0, 0.05) is 5.54 Å². The maximum atomic E-state index is 12.8. The first-order chi connectivity index (χ1) is 11.5. The van der Waals surface area contributed by atoms with E-state index < -0.39 is 0 Å². The first kappa shape index (κ1) is 17.2. The average Bonchev–Trinajstić information content (AvgIpc) is 2.93. The summed E-state index contributed by atoms with van der Waals surface area (Å²) in [7, 11) is 0. The summed E-state index contributed by atoms with van der Waals surface area (Å²) in [5.74, 6) is 3.76. The van der Waals surface area contributed by atoms with E-state index >= 15 is 0 Å². The highest BCUT2D eigenvalue weighted by Crippen LogP contribution is 2.55. The van der Waals surface area contributed by atoms with Crippen molar-refractivity contribution in [3.8, 4) is 0 Å². The van der Waals surface area contributed by atoms with Crippen molar-refractivity contribution in [2.75, 3.05) is 5.75 Å². The Morgan fingerprint density at radius 2 is 1.79 bits per heavy atom. The number of amides is 1. The number of nitrogens with one attached hydrogen (secondary N) is 1. The predicted octanol–water partition coefficient (Wildman–Crippen LogP) is 4.22. The molecule has 0 radical (unpaired) electrons. The predicted molar refractivity (Wildman–Crippen MR) is 101 cm³/mol. The Kier molecular flexibility index (Phi) is 4.86. The van der Waals surface area contributed by atoms with Crippen LogP contribution in [0, 0.1) is 17.8 Å². The van der Waals surface area contributed by atoms with Gasteiger partial charge < -0.3 is 5.32 Å². The molecule has 1 amide bonds. The van der Waals surface area contributed by atoms with Crippen LogP contribution in [0.3, 0.4) is 0 Å². The number of thioether (sulfide) groups is 2. The Labute approximate surface area is 156 Å². The molecule has 4 aliphatic carbocycles. The molecule has 0 aromatic carbocycles. The van der Waals surface area contributed by atoms with Crippen LogP contribution in [0.5, 0.6) is 0 Å². The van der Waals surface area contributed by atoms with E-state index in [9.17, 15) is 4.79 Å². The van der Waals surface area contributed by atoms with E-state index in [-0.39, 0.29) is 16.7 Å². The Bertz CT molecular complexity index is 583. The molecular formula is C17H25N3OS3. The molecule has 4 aliphatic rings. The molecule has 0 spiro atoms. The smallest absolute Gasteiger partial charge is 0.233 e. The van der Waals surface area contributed by atoms with Crippen molar-refractivity contribution in [2.45, 2.75) is 71.8 Å². The third-order valence-electron chi connectivity index (χ3n) is 5.73. The van der Waals surface area contributed by atoms with E-state index in [1.807, 2.05) is 6.92 Å². The lowest BCUT2D eigenvalue weighted by atomic mass is 9.53. The number of aromatic nitrogens is 2. The van der Waals surface area contributed by atoms with Crippen molar-refractivity contribution in [1.29, 1.82) is 0 Å². The van der Waals surface area contributed by atoms with E-state index in [0.29, 0.717) is 0 Å². The van der Waals surface area contributed by atoms with Crippen LogP contribution in [0.4, 0.5) is 0 Å². The van der Waals surface area contributed by atoms with E-state index in [1.54, 1.807) is 34.9 Å². The van der Waals surface area contributed by atoms with Gasteiger partial charge in [-0.05, 0) is 69.0 Å². The number of hydrogen-bond acceptors (Lipinski definition) is 6. The molecule has 0 unspecified atom stereocenters. The zero-order chi connectivity index (χ0) is 16.7. The van der Waals surface area contributed by atoms with E-state index in [0.717, 1.165) is 32.2 Å². The van der Waals surface area contributed by atoms with Gasteiger partial charge in [-0.1, -0.05) is 41.8 Å². The molecule has 132 valence electrons. The molecule has 1 atom stereocenters. The molecular weight excluding hydrogens is 358 g/mol. The fourth-order valence-electron chi connectivity index (χ4n) is 5.26. The fourth-order valence-corrected chi connectivity index (χ4v) is 8.32. The minimum atomic E-state index is -0.106. The van der Waals surface area contributed by atoms with Crippen LogP contribution in [0.15, 0.2) is 8.68 Å². The van der Waals surface area contributed by atoms with Gasteiger partial charge in [-0.3, -0.25) is 4.79 Å². The fraction of sp³-hybridized carbons (Fsp3) is 0.824. The van der Waals surface area contributed by atoms with E-state index in [2.05, 4.69) is 22.4 Å². The molecule has 1 heterocycles. The van der Waals surface area contributed by atoms with Crippen molar-refractivity contribution < 1.29 is 4.79 Å². The van der Waals surface area contributed by atoms with Crippen molar-refractivity contribution in [2.24, 2.45) is 17.8 Å². The van der Waals surface area contributed by atoms with Gasteiger partial charge >= 0.3 is 0 Å². The molecule has 1 N–H and O–H groups in total. The molecule has 5 rings (SSSR count). The summed E-state index contributed by atoms with van der Waals surface area (Å²) in [5.41, 5.74) is 0.102. The van der Waals surface area contributed by atoms with Crippen molar-refractivity contribution in [3.63, 3.8) is 0 Å². The van der Waals surface area contributed by atoms with Gasteiger partial charge in [0.05, 0.1) is 5.25 Å². The monoisotopic (exact) mass is 383 g/mol. The Hall–Kier alpha value is -0.270. The summed E-state index contributed by atoms with van der Waals surface area (Å²) >= 11 is 4.85. The lowest BCUT2D eigenvalue weighted by Gasteiger charge is -2.57. The number of carbonyl (C=O) groups is 1. The number of nitrogens with zero attached hydrogens (tertiary/aromatic N) is 2. The molecule has 24 heavy (non-hydrogen) atoms. The quantitative estimate of drug-likeness (QED) is 0.746. The van der Waals surface area contributed by atoms with Crippen LogP contribution < -0.4 is 5.32 Å². The summed E-state index contributed by atoms with van der Waals surface area (Å²) in [6.45, 7) is 4.11. The van der Waals surface area contributed by atoms with Gasteiger partial charge in [0.25, 0.3) is 0 Å². The Morgan fingerprint density at radius 1 is 1.21 bits per heavy atom. The summed E-state index contributed by atoms with van der Waals surface area (Å²) in [6.07, 6.45) is 7.83. The first-order valence-corrected chi connectivity index (χ1v) is 11.7. The normalized spacial score (nSPS) is 35.2. The summed E-state index contributed by atoms with van der Waals surface area (Å²) in [6, 6.07) is 0. The molecule has 4 bridgehead atoms. The van der Waals surface area contributed by atoms with Gasteiger partial charge in [0.2, 0.25) is 5.91 Å². The number of hydrogen-bond donors (Lipinski definition) is 1. The molecule has 4 fully saturated rings. The van der Waals surface area contributed by atoms with Gasteiger partial charge in [0.1, 0.15) is 0 Å². The van der Waals surface area contributed by atoms with Crippen molar-refractivity contribution in [3.05, 3.63) is 0 Å². The van der Waals surface area contributed by atoms with Crippen LogP contribution in [0.25, 0.3) is 0 Å². The Morgan fingerprint density at radius 3 is 2.38 bits per heavy atom. The third kappa shape index (κ3) is 3.49. The van der Waals surface area contributed by atoms with Gasteiger partial charge in [-0.15, -0.1) is 10.2 Å². The largest absolute Gasteiger partial charge is 0.350 e. The molecule has 0 saturated heterocycles. The molecule has 1 aromatic rings. The SMILES string of the molecule is CCSc1nnc(S[C@@H](C)C(=O)NC23CC4CC(CC(C4)C2)C3)s1. The summed E-state index contributed by atoms with van der Waals surface area (Å²) in [4.78, 5) is 12.8. The molecule has 4 saturated carbocycles. The second-order valence-corrected chi connectivity index (χ2v) is 11.8. The van der Waals surface area contributed by atoms with E-state index in [4.69, 9.17) is 0 Å². The van der Waals surface area contributed by atoms with Crippen LogP contribution >= 0.6 is 34.9 Å². The highest BCUT2D eigenvalue weighted by atomic mass is 32.2. The lowest BCUT2D eigenvalue weighted by Crippen LogP contribution is -2.60. The van der Waals surface area contributed by atoms with Crippen LogP contribution in [-0.4, -0.2) is 32.6 Å². The molecule has 0 aliphatic heterocycles. The van der Waals surface area contributed by atoms with Crippen molar-refractivity contribution >= 4 is 40.8 Å². The molecule has 7 heteroatoms. The van der Waals surface area contributed by atoms with Gasteiger partial charge in [-0.25, -0.2) is 0 Å². The second kappa shape index (κ2) is 6.80. The highest BCUT2D eigenvalue weighted by molar-refractivity contribution is 8.03. The van der Waals surface area contributed by atoms with Crippen LogP contribution in [0.2, 0.25) is 0 Å². The van der Waals surface area contributed by atoms with Gasteiger partial charge in [0.15, 0.2) is 8.68 Å². The molecule has 4 nitrogen and oxygen atoms in total. The zero-order valence-corrected chi connectivity index (χ0v) is 16.7. The van der Waals surface area contributed by atoms with Crippen LogP contribution in [-0.2, 0) is 4.79 Å². The standard InChI is InChI=1S/C17H25N3OS3/c1-3-22-15-19-20-16(24-15)23-10(2)14(21)18-17-7-11-4-12(8-17)6-13(5-11)9-17/h10-13H,3-9H2,1-2H3,(H,18,21)/t10-,11?,12?,13?,17?/m0/s1.